The predicted octanol–water partition coefficient (Wildman–Crippen LogP) is 1.12. The summed E-state index contributed by atoms with van der Waals surface area (Å²) in [4.78, 5) is 14.0. The summed E-state index contributed by atoms with van der Waals surface area (Å²) in [6.07, 6.45) is 12.7. The van der Waals surface area contributed by atoms with Crippen molar-refractivity contribution in [2.75, 3.05) is 0 Å². The van der Waals surface area contributed by atoms with Crippen LogP contribution >= 0.6 is 0 Å². The van der Waals surface area contributed by atoms with E-state index in [4.69, 9.17) is 0 Å². The van der Waals surface area contributed by atoms with E-state index < -0.39 is 0 Å². The lowest BCUT2D eigenvalue weighted by molar-refractivity contribution is -0.671. The Balaban J connectivity index is 1.63. The number of H-pyrrole nitrogens is 4. The van der Waals surface area contributed by atoms with Crippen molar-refractivity contribution >= 4 is 24.3 Å². The van der Waals surface area contributed by atoms with E-state index in [1.807, 2.05) is 13.2 Å². The second-order valence-electron chi connectivity index (χ2n) is 7.99. The Labute approximate surface area is 178 Å². The molecular formula is C26H22N5+. The third kappa shape index (κ3) is 3.46. The zero-order valence-corrected chi connectivity index (χ0v) is 17.1. The van der Waals surface area contributed by atoms with Crippen molar-refractivity contribution in [1.82, 2.24) is 19.9 Å². The normalized spacial score (nSPS) is 12.4. The van der Waals surface area contributed by atoms with E-state index in [1.165, 1.54) is 11.1 Å². The fourth-order valence-corrected chi connectivity index (χ4v) is 4.12. The van der Waals surface area contributed by atoms with Gasteiger partial charge in [-0.15, -0.1) is 0 Å². The van der Waals surface area contributed by atoms with Crippen molar-refractivity contribution in [1.29, 1.82) is 0 Å². The van der Waals surface area contributed by atoms with Crippen molar-refractivity contribution in [3.8, 4) is 11.1 Å². The lowest BCUT2D eigenvalue weighted by Crippen LogP contribution is -2.26. The van der Waals surface area contributed by atoms with Gasteiger partial charge in [-0.05, 0) is 72.8 Å². The molecule has 8 bridgehead atoms. The molecule has 0 radical (unpaired) electrons. The molecule has 1 aliphatic heterocycles. The van der Waals surface area contributed by atoms with E-state index in [-0.39, 0.29) is 0 Å². The average molecular weight is 404 g/mol. The number of aromatic amines is 4. The molecule has 0 atom stereocenters. The van der Waals surface area contributed by atoms with Crippen LogP contribution in [-0.4, -0.2) is 19.9 Å². The molecule has 4 N–H and O–H groups in total. The van der Waals surface area contributed by atoms with Gasteiger partial charge in [-0.2, -0.15) is 0 Å². The molecule has 6 heterocycles. The van der Waals surface area contributed by atoms with Crippen LogP contribution in [0.25, 0.3) is 35.4 Å². The van der Waals surface area contributed by atoms with E-state index in [9.17, 15) is 0 Å². The summed E-state index contributed by atoms with van der Waals surface area (Å²) >= 11 is 0. The maximum Gasteiger partial charge on any atom is 0.176 e. The molecule has 0 saturated carbocycles. The fraction of sp³-hybridized carbons (Fsp3) is 0.0385. The van der Waals surface area contributed by atoms with Gasteiger partial charge in [0.1, 0.15) is 7.05 Å². The molecule has 0 fully saturated rings. The highest BCUT2D eigenvalue weighted by Crippen LogP contribution is 2.24. The molecule has 0 unspecified atom stereocenters. The molecule has 5 aromatic rings. The summed E-state index contributed by atoms with van der Waals surface area (Å²) in [7, 11) is 2.05. The van der Waals surface area contributed by atoms with Crippen molar-refractivity contribution in [3.63, 3.8) is 0 Å². The Morgan fingerprint density at radius 2 is 1.23 bits per heavy atom. The number of aryl methyl sites for hydroxylation is 1. The van der Waals surface area contributed by atoms with Gasteiger partial charge in [0, 0.05) is 61.4 Å². The van der Waals surface area contributed by atoms with Crippen LogP contribution in [0, 0.1) is 0 Å². The number of nitrogens with zero attached hydrogens (tertiary/aromatic N) is 1. The van der Waals surface area contributed by atoms with Crippen LogP contribution in [0.15, 0.2) is 67.0 Å². The summed E-state index contributed by atoms with van der Waals surface area (Å²) < 4.78 is 2.07. The average Bonchev–Trinajstić information content (AvgIpc) is 3.53. The highest BCUT2D eigenvalue weighted by molar-refractivity contribution is 5.75. The number of hydrogen-bond acceptors (Lipinski definition) is 0. The van der Waals surface area contributed by atoms with Gasteiger partial charge in [-0.3, -0.25) is 0 Å². The van der Waals surface area contributed by atoms with E-state index in [0.717, 1.165) is 44.2 Å². The van der Waals surface area contributed by atoms with Gasteiger partial charge < -0.3 is 19.9 Å². The van der Waals surface area contributed by atoms with Crippen molar-refractivity contribution in [2.45, 2.75) is 0 Å². The Morgan fingerprint density at radius 3 is 1.87 bits per heavy atom. The van der Waals surface area contributed by atoms with Crippen LogP contribution in [0.1, 0.15) is 22.8 Å². The molecule has 0 aliphatic carbocycles. The molecule has 6 rings (SSSR count). The zero-order valence-electron chi connectivity index (χ0n) is 17.1. The molecule has 150 valence electrons. The lowest BCUT2D eigenvalue weighted by atomic mass is 10.1. The molecule has 0 spiro atoms. The van der Waals surface area contributed by atoms with Crippen LogP contribution in [-0.2, 0) is 7.05 Å². The number of fused-ring (bicyclic) bond motifs is 8. The standard InChI is InChI=1S/C26H22N5/c1-31-10-2-3-17(16-31)25-14-24-13-22-7-6-20(28-22)11-18-4-5-19(27-18)12-21-8-9-23(29-21)15-26(25)30-24/h2-16,27-30H,1H3/q+1. The number of hydrogen-bond donors (Lipinski definition) is 4. The van der Waals surface area contributed by atoms with Crippen LogP contribution < -0.4 is 26.0 Å². The molecule has 0 saturated heterocycles. The number of aromatic nitrogens is 5. The van der Waals surface area contributed by atoms with Crippen LogP contribution in [0.3, 0.4) is 0 Å². The van der Waals surface area contributed by atoms with E-state index in [0.29, 0.717) is 0 Å². The van der Waals surface area contributed by atoms with Gasteiger partial charge in [0.05, 0.1) is 0 Å². The first-order valence-corrected chi connectivity index (χ1v) is 10.3. The predicted molar refractivity (Wildman–Crippen MR) is 123 cm³/mol. The Hall–Kier alpha value is -4.25. The first-order valence-electron chi connectivity index (χ1n) is 10.3. The number of nitrogens with one attached hydrogen (secondary N) is 4. The minimum atomic E-state index is 1.05. The van der Waals surface area contributed by atoms with Crippen molar-refractivity contribution in [3.05, 3.63) is 111 Å². The highest BCUT2D eigenvalue weighted by atomic mass is 14.9. The molecule has 31 heavy (non-hydrogen) atoms. The van der Waals surface area contributed by atoms with Crippen LogP contribution in [0.4, 0.5) is 0 Å². The minimum Gasteiger partial charge on any atom is -0.355 e. The number of pyridine rings is 1. The topological polar surface area (TPSA) is 67.0 Å². The Kier molecular flexibility index (Phi) is 3.93. The largest absolute Gasteiger partial charge is 0.355 e. The summed E-state index contributed by atoms with van der Waals surface area (Å²) in [5.41, 5.74) is 6.57. The maximum atomic E-state index is 3.59. The van der Waals surface area contributed by atoms with Gasteiger partial charge in [-0.1, -0.05) is 0 Å². The molecule has 5 aromatic heterocycles. The second-order valence-corrected chi connectivity index (χ2v) is 7.99. The van der Waals surface area contributed by atoms with Crippen molar-refractivity contribution < 1.29 is 4.57 Å². The summed E-state index contributed by atoms with van der Waals surface area (Å²) in [5.74, 6) is 0. The zero-order chi connectivity index (χ0) is 20.8. The molecule has 1 aliphatic rings. The quantitative estimate of drug-likeness (QED) is 0.297. The molecule has 0 aromatic carbocycles. The lowest BCUT2D eigenvalue weighted by Gasteiger charge is -1.98. The first kappa shape index (κ1) is 17.6. The number of rotatable bonds is 1. The third-order valence-electron chi connectivity index (χ3n) is 5.55. The Morgan fingerprint density at radius 1 is 0.613 bits per heavy atom. The molecule has 5 heteroatoms. The fourth-order valence-electron chi connectivity index (χ4n) is 4.12. The maximum absolute atomic E-state index is 3.59. The first-order chi connectivity index (χ1) is 15.2. The second kappa shape index (κ2) is 6.92. The van der Waals surface area contributed by atoms with Crippen LogP contribution in [0.5, 0.6) is 0 Å². The monoisotopic (exact) mass is 404 g/mol. The molecular weight excluding hydrogens is 382 g/mol. The van der Waals surface area contributed by atoms with Crippen LogP contribution in [0.2, 0.25) is 0 Å². The summed E-state index contributed by atoms with van der Waals surface area (Å²) in [6.45, 7) is 0. The van der Waals surface area contributed by atoms with Gasteiger partial charge in [0.25, 0.3) is 0 Å². The SMILES string of the molecule is C[n+]1cccc(-c2cc3[nH]c2C=c2ccc([nH]2)=Cc2ccc([nH]2)C=c2ccc([nH]2)=C3)c1. The van der Waals surface area contributed by atoms with Crippen molar-refractivity contribution in [2.24, 2.45) is 7.05 Å². The van der Waals surface area contributed by atoms with Gasteiger partial charge in [-0.25, -0.2) is 4.57 Å². The molecule has 0 amide bonds. The summed E-state index contributed by atoms with van der Waals surface area (Å²) in [6, 6.07) is 19.0. The van der Waals surface area contributed by atoms with E-state index in [2.05, 4.69) is 110 Å². The Bertz CT molecular complexity index is 1650. The minimum absolute atomic E-state index is 1.05. The van der Waals surface area contributed by atoms with Gasteiger partial charge in [0.15, 0.2) is 12.4 Å². The van der Waals surface area contributed by atoms with E-state index >= 15 is 0 Å². The van der Waals surface area contributed by atoms with E-state index in [1.54, 1.807) is 0 Å². The van der Waals surface area contributed by atoms with Gasteiger partial charge in [0.2, 0.25) is 0 Å². The molecule has 5 nitrogen and oxygen atoms in total. The summed E-state index contributed by atoms with van der Waals surface area (Å²) in [5, 5.41) is 4.22. The van der Waals surface area contributed by atoms with Gasteiger partial charge >= 0.3 is 0 Å². The smallest absolute Gasteiger partial charge is 0.176 e. The highest BCUT2D eigenvalue weighted by Gasteiger charge is 2.10. The third-order valence-corrected chi connectivity index (χ3v) is 5.55.